The van der Waals surface area contributed by atoms with E-state index in [4.69, 9.17) is 4.74 Å². The summed E-state index contributed by atoms with van der Waals surface area (Å²) in [6.07, 6.45) is 0.389. The van der Waals surface area contributed by atoms with Crippen molar-refractivity contribution in [2.24, 2.45) is 0 Å². The maximum absolute atomic E-state index is 12.5. The lowest BCUT2D eigenvalue weighted by atomic mass is 9.92. The quantitative estimate of drug-likeness (QED) is 0.848. The number of carbonyl (C=O) groups excluding carboxylic acids is 2. The van der Waals surface area contributed by atoms with E-state index in [2.05, 4.69) is 5.32 Å². The zero-order valence-electron chi connectivity index (χ0n) is 15.2. The number of benzene rings is 2. The minimum Gasteiger partial charge on any atom is -0.487 e. The van der Waals surface area contributed by atoms with Crippen molar-refractivity contribution < 1.29 is 24.2 Å². The van der Waals surface area contributed by atoms with Crippen molar-refractivity contribution in [2.75, 3.05) is 0 Å². The van der Waals surface area contributed by atoms with Gasteiger partial charge in [0.2, 0.25) is 0 Å². The Labute approximate surface area is 157 Å². The second kappa shape index (κ2) is 7.23. The zero-order valence-corrected chi connectivity index (χ0v) is 15.2. The molecule has 3 rings (SSSR count). The average molecular weight is 367 g/mol. The van der Waals surface area contributed by atoms with Crippen molar-refractivity contribution in [2.45, 2.75) is 38.3 Å². The highest BCUT2D eigenvalue weighted by atomic mass is 16.5. The van der Waals surface area contributed by atoms with Crippen molar-refractivity contribution in [3.05, 3.63) is 65.2 Å². The van der Waals surface area contributed by atoms with Gasteiger partial charge in [-0.15, -0.1) is 0 Å². The van der Waals surface area contributed by atoms with E-state index in [1.807, 2.05) is 32.0 Å². The molecule has 1 heterocycles. The lowest BCUT2D eigenvalue weighted by molar-refractivity contribution is -0.139. The number of carboxylic acid groups (broad SMARTS) is 1. The van der Waals surface area contributed by atoms with Gasteiger partial charge in [-0.3, -0.25) is 9.59 Å². The molecule has 0 radical (unpaired) electrons. The zero-order chi connectivity index (χ0) is 19.6. The van der Waals surface area contributed by atoms with Gasteiger partial charge in [0.1, 0.15) is 17.4 Å². The number of hydrogen-bond acceptors (Lipinski definition) is 4. The number of ketones is 1. The van der Waals surface area contributed by atoms with E-state index in [1.165, 1.54) is 12.1 Å². The van der Waals surface area contributed by atoms with Crippen LogP contribution in [0.1, 0.15) is 46.5 Å². The molecule has 0 spiro atoms. The standard InChI is InChI=1S/C21H21NO5/c1-21(2)12-17(23)15-11-14(8-9-18(15)27-21)19(24)22-16(20(25)26)10-13-6-4-3-5-7-13/h3-9,11,16H,10,12H2,1-2H3,(H,22,24)(H,25,26). The van der Waals surface area contributed by atoms with Gasteiger partial charge in [-0.05, 0) is 37.6 Å². The minimum absolute atomic E-state index is 0.102. The normalized spacial score (nSPS) is 16.0. The van der Waals surface area contributed by atoms with Crippen LogP contribution < -0.4 is 10.1 Å². The first-order valence-corrected chi connectivity index (χ1v) is 8.69. The molecule has 140 valence electrons. The molecule has 1 amide bonds. The van der Waals surface area contributed by atoms with Crippen LogP contribution in [0.4, 0.5) is 0 Å². The Morgan fingerprint density at radius 1 is 1.19 bits per heavy atom. The van der Waals surface area contributed by atoms with Crippen molar-refractivity contribution in [3.63, 3.8) is 0 Å². The van der Waals surface area contributed by atoms with Gasteiger partial charge >= 0.3 is 5.97 Å². The maximum Gasteiger partial charge on any atom is 0.326 e. The van der Waals surface area contributed by atoms with E-state index >= 15 is 0 Å². The van der Waals surface area contributed by atoms with Crippen LogP contribution in [0.25, 0.3) is 0 Å². The summed E-state index contributed by atoms with van der Waals surface area (Å²) in [5.74, 6) is -1.33. The number of hydrogen-bond donors (Lipinski definition) is 2. The van der Waals surface area contributed by atoms with E-state index in [-0.39, 0.29) is 24.2 Å². The molecule has 6 nitrogen and oxygen atoms in total. The molecule has 0 saturated heterocycles. The van der Waals surface area contributed by atoms with Gasteiger partial charge in [-0.1, -0.05) is 30.3 Å². The Kier molecular flexibility index (Phi) is 4.99. The summed E-state index contributed by atoms with van der Waals surface area (Å²) in [5, 5.41) is 12.0. The predicted octanol–water partition coefficient (Wildman–Crippen LogP) is 2.86. The molecule has 27 heavy (non-hydrogen) atoms. The molecule has 0 aromatic heterocycles. The maximum atomic E-state index is 12.5. The molecular formula is C21H21NO5. The van der Waals surface area contributed by atoms with Gasteiger partial charge in [0.15, 0.2) is 5.78 Å². The van der Waals surface area contributed by atoms with E-state index < -0.39 is 23.5 Å². The lowest BCUT2D eigenvalue weighted by Crippen LogP contribution is -2.42. The number of amides is 1. The van der Waals surface area contributed by atoms with E-state index in [0.717, 1.165) is 5.56 Å². The predicted molar refractivity (Wildman–Crippen MR) is 99.1 cm³/mol. The second-order valence-corrected chi connectivity index (χ2v) is 7.23. The molecule has 2 aromatic carbocycles. The molecule has 2 N–H and O–H groups in total. The SMILES string of the molecule is CC1(C)CC(=O)c2cc(C(=O)NC(Cc3ccccc3)C(=O)O)ccc2O1. The minimum atomic E-state index is -1.12. The summed E-state index contributed by atoms with van der Waals surface area (Å²) in [6, 6.07) is 12.6. The van der Waals surface area contributed by atoms with Crippen LogP contribution in [0.5, 0.6) is 5.75 Å². The fourth-order valence-corrected chi connectivity index (χ4v) is 3.09. The van der Waals surface area contributed by atoms with Crippen LogP contribution >= 0.6 is 0 Å². The third kappa shape index (κ3) is 4.34. The number of carbonyl (C=O) groups is 3. The molecule has 6 heteroatoms. The molecule has 1 aliphatic rings. The van der Waals surface area contributed by atoms with Crippen LogP contribution in [0, 0.1) is 0 Å². The first kappa shape index (κ1) is 18.6. The molecule has 1 unspecified atom stereocenters. The molecule has 0 aliphatic carbocycles. The van der Waals surface area contributed by atoms with Crippen molar-refractivity contribution in [1.29, 1.82) is 0 Å². The first-order valence-electron chi connectivity index (χ1n) is 8.69. The summed E-state index contributed by atoms with van der Waals surface area (Å²) in [4.78, 5) is 36.4. The molecule has 1 aliphatic heterocycles. The summed E-state index contributed by atoms with van der Waals surface area (Å²) in [5.41, 5.74) is 0.792. The van der Waals surface area contributed by atoms with Gasteiger partial charge < -0.3 is 15.2 Å². The third-order valence-corrected chi connectivity index (χ3v) is 4.40. The Bertz CT molecular complexity index is 889. The highest BCUT2D eigenvalue weighted by molar-refractivity contribution is 6.04. The van der Waals surface area contributed by atoms with E-state index in [0.29, 0.717) is 11.3 Å². The molecule has 0 saturated carbocycles. The summed E-state index contributed by atoms with van der Waals surface area (Å²) in [7, 11) is 0. The Morgan fingerprint density at radius 2 is 1.89 bits per heavy atom. The fourth-order valence-electron chi connectivity index (χ4n) is 3.09. The highest BCUT2D eigenvalue weighted by Crippen LogP contribution is 2.33. The van der Waals surface area contributed by atoms with Gasteiger partial charge in [0.25, 0.3) is 5.91 Å². The topological polar surface area (TPSA) is 92.7 Å². The number of aliphatic carboxylic acids is 1. The first-order chi connectivity index (χ1) is 12.7. The van der Waals surface area contributed by atoms with E-state index in [1.54, 1.807) is 18.2 Å². The number of carboxylic acids is 1. The Balaban J connectivity index is 1.78. The van der Waals surface area contributed by atoms with Crippen LogP contribution in [-0.2, 0) is 11.2 Å². The van der Waals surface area contributed by atoms with Gasteiger partial charge in [0.05, 0.1) is 12.0 Å². The number of nitrogens with one attached hydrogen (secondary N) is 1. The highest BCUT2D eigenvalue weighted by Gasteiger charge is 2.33. The second-order valence-electron chi connectivity index (χ2n) is 7.23. The van der Waals surface area contributed by atoms with Gasteiger partial charge in [0, 0.05) is 12.0 Å². The van der Waals surface area contributed by atoms with Crippen molar-refractivity contribution in [1.82, 2.24) is 5.32 Å². The van der Waals surface area contributed by atoms with Crippen LogP contribution in [-0.4, -0.2) is 34.4 Å². The fraction of sp³-hybridized carbons (Fsp3) is 0.286. The Morgan fingerprint density at radius 3 is 2.56 bits per heavy atom. The summed E-state index contributed by atoms with van der Waals surface area (Å²) < 4.78 is 5.78. The average Bonchev–Trinajstić information content (AvgIpc) is 2.60. The van der Waals surface area contributed by atoms with Gasteiger partial charge in [-0.2, -0.15) is 0 Å². The smallest absolute Gasteiger partial charge is 0.326 e. The number of fused-ring (bicyclic) bond motifs is 1. The largest absolute Gasteiger partial charge is 0.487 e. The molecule has 0 fully saturated rings. The number of Topliss-reactive ketones (excluding diaryl/α,β-unsaturated/α-hetero) is 1. The molecular weight excluding hydrogens is 346 g/mol. The Hall–Kier alpha value is -3.15. The van der Waals surface area contributed by atoms with Crippen molar-refractivity contribution in [3.8, 4) is 5.75 Å². The lowest BCUT2D eigenvalue weighted by Gasteiger charge is -2.31. The molecule has 0 bridgehead atoms. The van der Waals surface area contributed by atoms with Crippen molar-refractivity contribution >= 4 is 17.7 Å². The summed E-state index contributed by atoms with van der Waals surface area (Å²) >= 11 is 0. The van der Waals surface area contributed by atoms with Crippen LogP contribution in [0.2, 0.25) is 0 Å². The van der Waals surface area contributed by atoms with E-state index in [9.17, 15) is 19.5 Å². The third-order valence-electron chi connectivity index (χ3n) is 4.40. The van der Waals surface area contributed by atoms with Crippen LogP contribution in [0.15, 0.2) is 48.5 Å². The molecule has 1 atom stereocenters. The summed E-state index contributed by atoms with van der Waals surface area (Å²) in [6.45, 7) is 3.66. The molecule has 2 aromatic rings. The monoisotopic (exact) mass is 367 g/mol. The number of ether oxygens (including phenoxy) is 1. The van der Waals surface area contributed by atoms with Crippen LogP contribution in [0.3, 0.4) is 0 Å². The number of rotatable bonds is 5. The van der Waals surface area contributed by atoms with Gasteiger partial charge in [-0.25, -0.2) is 4.79 Å².